The first-order valence-electron chi connectivity index (χ1n) is 6.37. The van der Waals surface area contributed by atoms with Gasteiger partial charge in [-0.15, -0.1) is 11.3 Å². The van der Waals surface area contributed by atoms with E-state index < -0.39 is 17.4 Å². The number of nitrogens with one attached hydrogen (secondary N) is 2. The number of rotatable bonds is 5. The molecule has 0 aliphatic rings. The van der Waals surface area contributed by atoms with Crippen molar-refractivity contribution >= 4 is 29.1 Å². The van der Waals surface area contributed by atoms with Crippen LogP contribution >= 0.6 is 11.3 Å². The molecule has 0 saturated carbocycles. The van der Waals surface area contributed by atoms with Gasteiger partial charge in [-0.25, -0.2) is 9.78 Å². The third kappa shape index (κ3) is 5.14. The standard InChI is InChI=1S/C13H19N3O4S/c1-7(10-16-8(6-21-10)11(18)19)15-9(17)5-14-12(20)13(2,3)4/h6-7H,5H2,1-4H3,(H,14,20)(H,15,17)(H,18,19). The minimum absolute atomic E-state index is 0.0443. The van der Waals surface area contributed by atoms with E-state index in [2.05, 4.69) is 15.6 Å². The maximum Gasteiger partial charge on any atom is 0.355 e. The number of hydrogen-bond donors (Lipinski definition) is 3. The molecule has 8 heteroatoms. The first-order valence-corrected chi connectivity index (χ1v) is 7.25. The Balaban J connectivity index is 2.50. The summed E-state index contributed by atoms with van der Waals surface area (Å²) in [4.78, 5) is 38.0. The van der Waals surface area contributed by atoms with E-state index in [9.17, 15) is 14.4 Å². The number of carboxylic acid groups (broad SMARTS) is 1. The Morgan fingerprint density at radius 2 is 2.00 bits per heavy atom. The molecule has 21 heavy (non-hydrogen) atoms. The fourth-order valence-electron chi connectivity index (χ4n) is 1.36. The predicted molar refractivity (Wildman–Crippen MR) is 78.1 cm³/mol. The molecule has 0 saturated heterocycles. The zero-order valence-electron chi connectivity index (χ0n) is 12.4. The van der Waals surface area contributed by atoms with Crippen molar-refractivity contribution < 1.29 is 19.5 Å². The molecule has 0 bridgehead atoms. The number of aromatic nitrogens is 1. The smallest absolute Gasteiger partial charge is 0.355 e. The molecular formula is C13H19N3O4S. The lowest BCUT2D eigenvalue weighted by Gasteiger charge is -2.18. The second-order valence-electron chi connectivity index (χ2n) is 5.60. The lowest BCUT2D eigenvalue weighted by Crippen LogP contribution is -2.42. The van der Waals surface area contributed by atoms with Crippen molar-refractivity contribution in [3.05, 3.63) is 16.1 Å². The Bertz CT molecular complexity index is 548. The van der Waals surface area contributed by atoms with Gasteiger partial charge in [0.25, 0.3) is 0 Å². The molecule has 1 unspecified atom stereocenters. The number of carbonyl (C=O) groups is 3. The maximum absolute atomic E-state index is 11.7. The highest BCUT2D eigenvalue weighted by Gasteiger charge is 2.22. The summed E-state index contributed by atoms with van der Waals surface area (Å²) in [5.41, 5.74) is -0.602. The van der Waals surface area contributed by atoms with Crippen LogP contribution in [0.3, 0.4) is 0 Å². The van der Waals surface area contributed by atoms with Crippen LogP contribution in [0.4, 0.5) is 0 Å². The third-order valence-electron chi connectivity index (χ3n) is 2.58. The summed E-state index contributed by atoms with van der Waals surface area (Å²) < 4.78 is 0. The molecule has 0 aromatic carbocycles. The van der Waals surface area contributed by atoms with E-state index in [4.69, 9.17) is 5.11 Å². The Kier molecular flexibility index (Phi) is 5.42. The molecule has 0 aliphatic carbocycles. The van der Waals surface area contributed by atoms with Crippen LogP contribution in [-0.4, -0.2) is 34.4 Å². The predicted octanol–water partition coefficient (Wildman–Crippen LogP) is 1.18. The number of carbonyl (C=O) groups excluding carboxylic acids is 2. The monoisotopic (exact) mass is 313 g/mol. The topological polar surface area (TPSA) is 108 Å². The van der Waals surface area contributed by atoms with Crippen molar-refractivity contribution in [3.8, 4) is 0 Å². The molecule has 0 radical (unpaired) electrons. The van der Waals surface area contributed by atoms with E-state index in [1.165, 1.54) is 5.38 Å². The van der Waals surface area contributed by atoms with Crippen LogP contribution in [0.25, 0.3) is 0 Å². The summed E-state index contributed by atoms with van der Waals surface area (Å²) in [7, 11) is 0. The molecule has 116 valence electrons. The van der Waals surface area contributed by atoms with Gasteiger partial charge in [0.15, 0.2) is 5.69 Å². The van der Waals surface area contributed by atoms with E-state index in [1.807, 2.05) is 0 Å². The number of carboxylic acids is 1. The summed E-state index contributed by atoms with van der Waals surface area (Å²) in [6.07, 6.45) is 0. The summed E-state index contributed by atoms with van der Waals surface area (Å²) in [6.45, 7) is 6.84. The second kappa shape index (κ2) is 6.66. The van der Waals surface area contributed by atoms with Gasteiger partial charge in [0.2, 0.25) is 11.8 Å². The van der Waals surface area contributed by atoms with Crippen molar-refractivity contribution in [2.45, 2.75) is 33.7 Å². The van der Waals surface area contributed by atoms with Crippen LogP contribution in [-0.2, 0) is 9.59 Å². The molecule has 0 fully saturated rings. The van der Waals surface area contributed by atoms with Gasteiger partial charge in [-0.1, -0.05) is 20.8 Å². The molecule has 3 N–H and O–H groups in total. The normalized spacial score (nSPS) is 12.6. The first-order chi connectivity index (χ1) is 9.61. The van der Waals surface area contributed by atoms with Gasteiger partial charge < -0.3 is 15.7 Å². The van der Waals surface area contributed by atoms with Crippen LogP contribution in [0.5, 0.6) is 0 Å². The van der Waals surface area contributed by atoms with Gasteiger partial charge in [0.1, 0.15) is 5.01 Å². The Hall–Kier alpha value is -1.96. The molecule has 0 spiro atoms. The average Bonchev–Trinajstić information content (AvgIpc) is 2.84. The Labute approximate surface area is 126 Å². The highest BCUT2D eigenvalue weighted by molar-refractivity contribution is 7.09. The zero-order chi connectivity index (χ0) is 16.2. The van der Waals surface area contributed by atoms with Crippen molar-refractivity contribution in [2.24, 2.45) is 5.41 Å². The Morgan fingerprint density at radius 1 is 1.38 bits per heavy atom. The fraction of sp³-hybridized carbons (Fsp3) is 0.538. The highest BCUT2D eigenvalue weighted by atomic mass is 32.1. The summed E-state index contributed by atoms with van der Waals surface area (Å²) >= 11 is 1.16. The van der Waals surface area contributed by atoms with Crippen molar-refractivity contribution in [1.29, 1.82) is 0 Å². The lowest BCUT2D eigenvalue weighted by atomic mass is 9.96. The molecule has 0 aliphatic heterocycles. The molecule has 1 rings (SSSR count). The van der Waals surface area contributed by atoms with E-state index in [-0.39, 0.29) is 24.1 Å². The molecule has 1 atom stereocenters. The highest BCUT2D eigenvalue weighted by Crippen LogP contribution is 2.17. The van der Waals surface area contributed by atoms with E-state index in [0.717, 1.165) is 11.3 Å². The summed E-state index contributed by atoms with van der Waals surface area (Å²) in [5.74, 6) is -1.67. The van der Waals surface area contributed by atoms with E-state index in [1.54, 1.807) is 27.7 Å². The van der Waals surface area contributed by atoms with Gasteiger partial charge in [-0.3, -0.25) is 9.59 Å². The molecular weight excluding hydrogens is 294 g/mol. The number of amides is 2. The third-order valence-corrected chi connectivity index (χ3v) is 3.61. The van der Waals surface area contributed by atoms with Gasteiger partial charge in [0.05, 0.1) is 12.6 Å². The van der Waals surface area contributed by atoms with Gasteiger partial charge in [-0.05, 0) is 6.92 Å². The molecule has 7 nitrogen and oxygen atoms in total. The fourth-order valence-corrected chi connectivity index (χ4v) is 2.16. The average molecular weight is 313 g/mol. The number of aromatic carboxylic acids is 1. The van der Waals surface area contributed by atoms with Crippen LogP contribution in [0.1, 0.15) is 49.2 Å². The number of hydrogen-bond acceptors (Lipinski definition) is 5. The largest absolute Gasteiger partial charge is 0.476 e. The van der Waals surface area contributed by atoms with Crippen molar-refractivity contribution in [3.63, 3.8) is 0 Å². The first kappa shape index (κ1) is 17.1. The minimum Gasteiger partial charge on any atom is -0.476 e. The maximum atomic E-state index is 11.7. The van der Waals surface area contributed by atoms with Gasteiger partial charge >= 0.3 is 5.97 Å². The number of nitrogens with zero attached hydrogens (tertiary/aromatic N) is 1. The van der Waals surface area contributed by atoms with Crippen LogP contribution in [0.2, 0.25) is 0 Å². The molecule has 1 heterocycles. The molecule has 2 amide bonds. The zero-order valence-corrected chi connectivity index (χ0v) is 13.2. The van der Waals surface area contributed by atoms with Gasteiger partial charge in [-0.2, -0.15) is 0 Å². The minimum atomic E-state index is -1.10. The van der Waals surface area contributed by atoms with E-state index in [0.29, 0.717) is 5.01 Å². The number of thiazole rings is 1. The van der Waals surface area contributed by atoms with Gasteiger partial charge in [0, 0.05) is 10.8 Å². The van der Waals surface area contributed by atoms with Crippen LogP contribution < -0.4 is 10.6 Å². The van der Waals surface area contributed by atoms with Crippen molar-refractivity contribution in [2.75, 3.05) is 6.54 Å². The Morgan fingerprint density at radius 3 is 2.48 bits per heavy atom. The second-order valence-corrected chi connectivity index (χ2v) is 6.49. The molecule has 1 aromatic rings. The summed E-state index contributed by atoms with van der Waals surface area (Å²) in [6, 6.07) is -0.415. The summed E-state index contributed by atoms with van der Waals surface area (Å²) in [5, 5.41) is 15.9. The van der Waals surface area contributed by atoms with Crippen LogP contribution in [0.15, 0.2) is 5.38 Å². The van der Waals surface area contributed by atoms with E-state index >= 15 is 0 Å². The lowest BCUT2D eigenvalue weighted by molar-refractivity contribution is -0.131. The molecule has 1 aromatic heterocycles. The quantitative estimate of drug-likeness (QED) is 0.756. The van der Waals surface area contributed by atoms with Crippen LogP contribution in [0, 0.1) is 5.41 Å². The van der Waals surface area contributed by atoms with Crippen molar-refractivity contribution in [1.82, 2.24) is 15.6 Å². The SMILES string of the molecule is CC(NC(=O)CNC(=O)C(C)(C)C)c1nc(C(=O)O)cs1.